The first kappa shape index (κ1) is 22.1. The summed E-state index contributed by atoms with van der Waals surface area (Å²) >= 11 is 1.44. The SMILES string of the molecule is O=C(NCc1cn2ccnc2cn1)c1ccc(C2CCN(C(=O)c3cc(F)ccc3F)CC2)s1. The van der Waals surface area contributed by atoms with Crippen LogP contribution in [0.25, 0.3) is 5.65 Å². The number of hydrogen-bond acceptors (Lipinski definition) is 5. The highest BCUT2D eigenvalue weighted by Crippen LogP contribution is 2.33. The fourth-order valence-electron chi connectivity index (χ4n) is 4.11. The summed E-state index contributed by atoms with van der Waals surface area (Å²) in [6.45, 7) is 1.19. The molecule has 2 amide bonds. The van der Waals surface area contributed by atoms with E-state index in [1.165, 1.54) is 11.3 Å². The van der Waals surface area contributed by atoms with Gasteiger partial charge in [-0.05, 0) is 49.1 Å². The number of amides is 2. The van der Waals surface area contributed by atoms with Crippen LogP contribution in [0, 0.1) is 11.6 Å². The molecule has 3 aromatic heterocycles. The van der Waals surface area contributed by atoms with Crippen molar-refractivity contribution in [3.8, 4) is 0 Å². The number of rotatable bonds is 5. The third kappa shape index (κ3) is 4.54. The quantitative estimate of drug-likeness (QED) is 0.467. The number of piperidine rings is 1. The van der Waals surface area contributed by atoms with Gasteiger partial charge in [0, 0.05) is 36.6 Å². The van der Waals surface area contributed by atoms with E-state index in [2.05, 4.69) is 15.3 Å². The average molecular weight is 482 g/mol. The summed E-state index contributed by atoms with van der Waals surface area (Å²) in [6, 6.07) is 6.67. The Kier molecular flexibility index (Phi) is 6.06. The lowest BCUT2D eigenvalue weighted by Gasteiger charge is -2.31. The molecule has 7 nitrogen and oxygen atoms in total. The number of hydrogen-bond donors (Lipinski definition) is 1. The Balaban J connectivity index is 1.17. The van der Waals surface area contributed by atoms with Gasteiger partial charge in [-0.3, -0.25) is 14.6 Å². The molecule has 1 N–H and O–H groups in total. The van der Waals surface area contributed by atoms with Gasteiger partial charge in [0.25, 0.3) is 11.8 Å². The summed E-state index contributed by atoms with van der Waals surface area (Å²) in [5.41, 5.74) is 1.23. The minimum Gasteiger partial charge on any atom is -0.346 e. The zero-order valence-electron chi connectivity index (χ0n) is 18.1. The Labute approximate surface area is 198 Å². The smallest absolute Gasteiger partial charge is 0.261 e. The Bertz CT molecular complexity index is 1360. The maximum Gasteiger partial charge on any atom is 0.261 e. The number of carbonyl (C=O) groups excluding carboxylic acids is 2. The Morgan fingerprint density at radius 2 is 1.94 bits per heavy atom. The van der Waals surface area contributed by atoms with Gasteiger partial charge in [-0.2, -0.15) is 0 Å². The van der Waals surface area contributed by atoms with Gasteiger partial charge in [0.1, 0.15) is 11.6 Å². The van der Waals surface area contributed by atoms with E-state index in [0.717, 1.165) is 34.4 Å². The van der Waals surface area contributed by atoms with E-state index in [9.17, 15) is 18.4 Å². The third-order valence-corrected chi connectivity index (χ3v) is 7.20. The zero-order valence-corrected chi connectivity index (χ0v) is 18.9. The minimum absolute atomic E-state index is 0.169. The van der Waals surface area contributed by atoms with Gasteiger partial charge < -0.3 is 14.6 Å². The van der Waals surface area contributed by atoms with Gasteiger partial charge in [-0.25, -0.2) is 13.8 Å². The molecule has 1 aliphatic heterocycles. The Morgan fingerprint density at radius 3 is 2.76 bits per heavy atom. The zero-order chi connectivity index (χ0) is 23.7. The molecule has 34 heavy (non-hydrogen) atoms. The van der Waals surface area contributed by atoms with Crippen molar-refractivity contribution in [3.05, 3.63) is 87.8 Å². The van der Waals surface area contributed by atoms with Crippen LogP contribution < -0.4 is 5.32 Å². The van der Waals surface area contributed by atoms with Crippen LogP contribution in [0.5, 0.6) is 0 Å². The lowest BCUT2D eigenvalue weighted by Crippen LogP contribution is -2.38. The van der Waals surface area contributed by atoms with Crippen molar-refractivity contribution in [3.63, 3.8) is 0 Å². The molecule has 1 saturated heterocycles. The van der Waals surface area contributed by atoms with Gasteiger partial charge >= 0.3 is 0 Å². The molecule has 10 heteroatoms. The molecule has 174 valence electrons. The highest BCUT2D eigenvalue weighted by atomic mass is 32.1. The maximum atomic E-state index is 14.0. The Morgan fingerprint density at radius 1 is 1.12 bits per heavy atom. The largest absolute Gasteiger partial charge is 0.346 e. The predicted octanol–water partition coefficient (Wildman–Crippen LogP) is 4.02. The number of carbonyl (C=O) groups is 2. The van der Waals surface area contributed by atoms with Crippen molar-refractivity contribution in [2.75, 3.05) is 13.1 Å². The van der Waals surface area contributed by atoms with Crippen LogP contribution in [0.1, 0.15) is 49.4 Å². The molecule has 5 rings (SSSR count). The molecule has 0 atom stereocenters. The lowest BCUT2D eigenvalue weighted by molar-refractivity contribution is 0.0708. The van der Waals surface area contributed by atoms with Crippen molar-refractivity contribution in [1.29, 1.82) is 0 Å². The second-order valence-corrected chi connectivity index (χ2v) is 9.26. The van der Waals surface area contributed by atoms with Crippen LogP contribution >= 0.6 is 11.3 Å². The van der Waals surface area contributed by atoms with Crippen molar-refractivity contribution >= 4 is 28.8 Å². The number of benzene rings is 1. The summed E-state index contributed by atoms with van der Waals surface area (Å²) in [5, 5.41) is 2.89. The molecule has 0 spiro atoms. The monoisotopic (exact) mass is 481 g/mol. The molecule has 0 saturated carbocycles. The maximum absolute atomic E-state index is 14.0. The molecule has 0 radical (unpaired) electrons. The van der Waals surface area contributed by atoms with Crippen LogP contribution in [-0.4, -0.2) is 44.2 Å². The molecular formula is C24H21F2N5O2S. The van der Waals surface area contributed by atoms with Crippen LogP contribution in [-0.2, 0) is 6.54 Å². The molecule has 4 aromatic rings. The van der Waals surface area contributed by atoms with Gasteiger partial charge in [-0.15, -0.1) is 11.3 Å². The summed E-state index contributed by atoms with van der Waals surface area (Å²) in [6.07, 6.45) is 8.38. The fourth-order valence-corrected chi connectivity index (χ4v) is 5.20. The molecule has 0 bridgehead atoms. The first-order valence-electron chi connectivity index (χ1n) is 10.9. The summed E-state index contributed by atoms with van der Waals surface area (Å²) < 4.78 is 29.3. The molecule has 0 unspecified atom stereocenters. The van der Waals surface area contributed by atoms with E-state index >= 15 is 0 Å². The highest BCUT2D eigenvalue weighted by molar-refractivity contribution is 7.14. The second-order valence-electron chi connectivity index (χ2n) is 8.15. The van der Waals surface area contributed by atoms with Crippen LogP contribution in [0.3, 0.4) is 0 Å². The van der Waals surface area contributed by atoms with E-state index < -0.39 is 17.5 Å². The first-order valence-corrected chi connectivity index (χ1v) is 11.7. The first-order chi connectivity index (χ1) is 16.5. The van der Waals surface area contributed by atoms with Gasteiger partial charge in [0.05, 0.1) is 28.9 Å². The number of nitrogens with one attached hydrogen (secondary N) is 1. The lowest BCUT2D eigenvalue weighted by atomic mass is 9.95. The van der Waals surface area contributed by atoms with E-state index in [1.54, 1.807) is 17.3 Å². The summed E-state index contributed by atoms with van der Waals surface area (Å²) in [5.74, 6) is -1.81. The third-order valence-electron chi connectivity index (χ3n) is 5.96. The molecular weight excluding hydrogens is 460 g/mol. The second kappa shape index (κ2) is 9.30. The number of likely N-dealkylation sites (tertiary alicyclic amines) is 1. The van der Waals surface area contributed by atoms with Crippen molar-refractivity contribution < 1.29 is 18.4 Å². The number of imidazole rings is 1. The van der Waals surface area contributed by atoms with Crippen LogP contribution in [0.4, 0.5) is 8.78 Å². The normalized spacial score (nSPS) is 14.5. The van der Waals surface area contributed by atoms with Crippen molar-refractivity contribution in [2.24, 2.45) is 0 Å². The number of fused-ring (bicyclic) bond motifs is 1. The fraction of sp³-hybridized carbons (Fsp3) is 0.250. The van der Waals surface area contributed by atoms with E-state index in [0.29, 0.717) is 37.4 Å². The van der Waals surface area contributed by atoms with E-state index in [-0.39, 0.29) is 17.4 Å². The number of thiophene rings is 1. The number of halogens is 2. The van der Waals surface area contributed by atoms with Gasteiger partial charge in [0.2, 0.25) is 0 Å². The average Bonchev–Trinajstić information content (AvgIpc) is 3.53. The molecule has 4 heterocycles. The predicted molar refractivity (Wildman–Crippen MR) is 123 cm³/mol. The molecule has 1 aliphatic rings. The molecule has 1 fully saturated rings. The standard InChI is InChI=1S/C24H21F2N5O2S/c25-16-1-2-19(26)18(11-16)24(33)30-8-5-15(6-9-30)20-3-4-21(34-20)23(32)29-12-17-14-31-10-7-27-22(31)13-28-17/h1-4,7,10-11,13-15H,5-6,8-9,12H2,(H,29,32). The van der Waals surface area contributed by atoms with Crippen LogP contribution in [0.2, 0.25) is 0 Å². The molecule has 1 aromatic carbocycles. The highest BCUT2D eigenvalue weighted by Gasteiger charge is 2.27. The van der Waals surface area contributed by atoms with Gasteiger partial charge in [-0.1, -0.05) is 0 Å². The van der Waals surface area contributed by atoms with Crippen molar-refractivity contribution in [1.82, 2.24) is 24.6 Å². The van der Waals surface area contributed by atoms with E-state index in [1.807, 2.05) is 28.9 Å². The topological polar surface area (TPSA) is 79.6 Å². The number of nitrogens with zero attached hydrogens (tertiary/aromatic N) is 4. The summed E-state index contributed by atoms with van der Waals surface area (Å²) in [7, 11) is 0. The Hall–Kier alpha value is -3.66. The number of aromatic nitrogens is 3. The van der Waals surface area contributed by atoms with Crippen molar-refractivity contribution in [2.45, 2.75) is 25.3 Å². The minimum atomic E-state index is -0.720. The molecule has 0 aliphatic carbocycles. The van der Waals surface area contributed by atoms with E-state index in [4.69, 9.17) is 0 Å². The summed E-state index contributed by atoms with van der Waals surface area (Å²) in [4.78, 5) is 36.9. The van der Waals surface area contributed by atoms with Crippen LogP contribution in [0.15, 0.2) is 55.1 Å². The van der Waals surface area contributed by atoms with Gasteiger partial charge in [0.15, 0.2) is 5.65 Å².